The van der Waals surface area contributed by atoms with Crippen LogP contribution in [0.25, 0.3) is 21.8 Å². The van der Waals surface area contributed by atoms with Crippen molar-refractivity contribution in [3.8, 4) is 11.5 Å². The van der Waals surface area contributed by atoms with E-state index in [9.17, 15) is 0 Å². The van der Waals surface area contributed by atoms with Crippen molar-refractivity contribution in [1.29, 1.82) is 0 Å². The predicted octanol–water partition coefficient (Wildman–Crippen LogP) is 16.5. The zero-order valence-electron chi connectivity index (χ0n) is 44.1. The Morgan fingerprint density at radius 3 is 1.53 bits per heavy atom. The minimum absolute atomic E-state index is 0.0862. The number of hydrogen-bond acceptors (Lipinski definition) is 4. The Hall–Kier alpha value is -7.96. The van der Waals surface area contributed by atoms with Gasteiger partial charge >= 0.3 is 0 Å². The molecule has 9 aromatic carbocycles. The Balaban J connectivity index is 1.13. The summed E-state index contributed by atoms with van der Waals surface area (Å²) in [6.45, 7) is 22.4. The van der Waals surface area contributed by atoms with E-state index in [0.29, 0.717) is 0 Å². The van der Waals surface area contributed by atoms with Crippen LogP contribution in [0.2, 0.25) is 0 Å². The molecular formula is C67H63BN4O. The topological polar surface area (TPSA) is 23.9 Å². The quantitative estimate of drug-likeness (QED) is 0.149. The summed E-state index contributed by atoms with van der Waals surface area (Å²) >= 11 is 0. The van der Waals surface area contributed by atoms with Gasteiger partial charge in [0.05, 0.1) is 11.2 Å². The highest BCUT2D eigenvalue weighted by Gasteiger charge is 2.44. The van der Waals surface area contributed by atoms with Gasteiger partial charge in [0.2, 0.25) is 0 Å². The van der Waals surface area contributed by atoms with E-state index in [1.807, 2.05) is 0 Å². The normalized spacial score (nSPS) is 12.9. The average molecular weight is 951 g/mol. The SMILES string of the molecule is Cc1ccc(N(c2ccc(C)cc2)c2ccc3c(c2)Oc2cc(C(C)(C)C)cc4c2B3c2cc(C(C)(C)C)ccc2N4c2cc(N(c3ccc(C)cc3)c3ccc(C)cc3)c3c(c2)c2ccccc2n3C)cc1. The number of benzene rings is 9. The van der Waals surface area contributed by atoms with Gasteiger partial charge in [0.1, 0.15) is 11.5 Å². The lowest BCUT2D eigenvalue weighted by Crippen LogP contribution is -2.59. The summed E-state index contributed by atoms with van der Waals surface area (Å²) in [4.78, 5) is 7.36. The van der Waals surface area contributed by atoms with Crippen molar-refractivity contribution in [3.63, 3.8) is 0 Å². The number of fused-ring (bicyclic) bond motifs is 7. The van der Waals surface area contributed by atoms with Gasteiger partial charge in [-0.05, 0) is 157 Å². The standard InChI is InChI=1S/C67H63BN4O/c1-42-16-25-48(26-17-42)70(49-27-18-43(2)19-28-49)52-33-34-56-62(41-52)73-63-38-47(67(8,9)10)37-60-64(63)68(56)57-36-46(66(5,6)7)24-35-59(57)72(60)53-39-55-54-14-12-13-15-58(54)69(11)65(55)61(40-53)71(50-29-20-44(3)21-30-50)51-31-22-45(4)23-32-51/h12-41H,1-11H3. The molecule has 5 nitrogen and oxygen atoms in total. The highest BCUT2D eigenvalue weighted by Crippen LogP contribution is 2.50. The molecule has 2 aliphatic heterocycles. The Morgan fingerprint density at radius 2 is 0.973 bits per heavy atom. The van der Waals surface area contributed by atoms with E-state index >= 15 is 0 Å². The van der Waals surface area contributed by atoms with Crippen LogP contribution >= 0.6 is 0 Å². The monoisotopic (exact) mass is 951 g/mol. The molecular weight excluding hydrogens is 888 g/mol. The fraction of sp³-hybridized carbons (Fsp3) is 0.194. The smallest absolute Gasteiger partial charge is 0.256 e. The Morgan fingerprint density at radius 1 is 0.438 bits per heavy atom. The van der Waals surface area contributed by atoms with Crippen molar-refractivity contribution >= 4 is 96.1 Å². The molecule has 0 unspecified atom stereocenters. The van der Waals surface area contributed by atoms with Gasteiger partial charge in [-0.25, -0.2) is 0 Å². The molecule has 6 heteroatoms. The highest BCUT2D eigenvalue weighted by atomic mass is 16.5. The highest BCUT2D eigenvalue weighted by molar-refractivity contribution is 6.99. The lowest BCUT2D eigenvalue weighted by molar-refractivity contribution is 0.483. The van der Waals surface area contributed by atoms with Gasteiger partial charge in [-0.3, -0.25) is 0 Å². The Kier molecular flexibility index (Phi) is 10.8. The molecule has 12 rings (SSSR count). The second kappa shape index (κ2) is 17.1. The van der Waals surface area contributed by atoms with Crippen LogP contribution in [-0.2, 0) is 17.9 Å². The molecule has 73 heavy (non-hydrogen) atoms. The first-order chi connectivity index (χ1) is 35.0. The zero-order valence-corrected chi connectivity index (χ0v) is 44.1. The number of hydrogen-bond donors (Lipinski definition) is 0. The number of aryl methyl sites for hydroxylation is 5. The van der Waals surface area contributed by atoms with Crippen LogP contribution in [0, 0.1) is 27.7 Å². The van der Waals surface area contributed by atoms with E-state index in [0.717, 1.165) is 62.5 Å². The summed E-state index contributed by atoms with van der Waals surface area (Å²) in [6, 6.07) is 68.2. The van der Waals surface area contributed by atoms with Gasteiger partial charge in [0.15, 0.2) is 0 Å². The summed E-state index contributed by atoms with van der Waals surface area (Å²) in [5.41, 5.74) is 23.1. The molecule has 0 spiro atoms. The van der Waals surface area contributed by atoms with Crippen LogP contribution in [-0.4, -0.2) is 11.3 Å². The zero-order chi connectivity index (χ0) is 50.7. The molecule has 0 aliphatic carbocycles. The first-order valence-electron chi connectivity index (χ1n) is 25.8. The maximum absolute atomic E-state index is 7.42. The van der Waals surface area contributed by atoms with Crippen LogP contribution in [0.1, 0.15) is 74.9 Å². The van der Waals surface area contributed by atoms with Crippen LogP contribution in [0.4, 0.5) is 51.2 Å². The molecule has 0 N–H and O–H groups in total. The molecule has 0 saturated heterocycles. The summed E-state index contributed by atoms with van der Waals surface area (Å²) < 4.78 is 9.80. The van der Waals surface area contributed by atoms with Crippen molar-refractivity contribution < 1.29 is 4.74 Å². The van der Waals surface area contributed by atoms with E-state index < -0.39 is 0 Å². The number of nitrogens with zero attached hydrogens (tertiary/aromatic N) is 4. The summed E-state index contributed by atoms with van der Waals surface area (Å²) in [5, 5.41) is 2.42. The maximum atomic E-state index is 7.42. The number of para-hydroxylation sites is 1. The van der Waals surface area contributed by atoms with Crippen molar-refractivity contribution in [2.24, 2.45) is 7.05 Å². The minimum atomic E-state index is -0.180. The number of aromatic nitrogens is 1. The molecule has 360 valence electrons. The summed E-state index contributed by atoms with van der Waals surface area (Å²) in [6.07, 6.45) is 0. The lowest BCUT2D eigenvalue weighted by Gasteiger charge is -2.42. The molecule has 0 saturated carbocycles. The molecule has 0 amide bonds. The summed E-state index contributed by atoms with van der Waals surface area (Å²) in [7, 11) is 2.22. The number of ether oxygens (including phenoxy) is 1. The fourth-order valence-corrected chi connectivity index (χ4v) is 11.3. The number of rotatable bonds is 7. The second-order valence-electron chi connectivity index (χ2n) is 22.7. The average Bonchev–Trinajstić information content (AvgIpc) is 3.67. The Labute approximate surface area is 432 Å². The van der Waals surface area contributed by atoms with Crippen molar-refractivity contribution in [2.45, 2.75) is 80.1 Å². The maximum Gasteiger partial charge on any atom is 0.256 e. The van der Waals surface area contributed by atoms with Gasteiger partial charge in [-0.15, -0.1) is 0 Å². The molecule has 2 aliphatic rings. The molecule has 0 fully saturated rings. The third-order valence-electron chi connectivity index (χ3n) is 15.4. The first kappa shape index (κ1) is 46.1. The van der Waals surface area contributed by atoms with Crippen LogP contribution in [0.3, 0.4) is 0 Å². The van der Waals surface area contributed by atoms with Gasteiger partial charge in [-0.1, -0.05) is 149 Å². The van der Waals surface area contributed by atoms with Gasteiger partial charge in [0.25, 0.3) is 6.71 Å². The first-order valence-corrected chi connectivity index (χ1v) is 25.8. The van der Waals surface area contributed by atoms with Crippen molar-refractivity contribution in [3.05, 3.63) is 215 Å². The van der Waals surface area contributed by atoms with Gasteiger partial charge in [0, 0.05) is 74.9 Å². The fourth-order valence-electron chi connectivity index (χ4n) is 11.3. The van der Waals surface area contributed by atoms with Crippen molar-refractivity contribution in [1.82, 2.24) is 4.57 Å². The molecule has 0 radical (unpaired) electrons. The summed E-state index contributed by atoms with van der Waals surface area (Å²) in [5.74, 6) is 1.78. The van der Waals surface area contributed by atoms with E-state index in [1.54, 1.807) is 0 Å². The molecule has 3 heterocycles. The molecule has 1 aromatic heterocycles. The molecule has 0 atom stereocenters. The van der Waals surface area contributed by atoms with Crippen molar-refractivity contribution in [2.75, 3.05) is 14.7 Å². The van der Waals surface area contributed by atoms with E-state index in [4.69, 9.17) is 4.74 Å². The molecule has 10 aromatic rings. The van der Waals surface area contributed by atoms with E-state index in [2.05, 4.69) is 278 Å². The number of anilines is 9. The third kappa shape index (κ3) is 7.87. The van der Waals surface area contributed by atoms with Gasteiger partial charge < -0.3 is 24.0 Å². The van der Waals surface area contributed by atoms with Crippen LogP contribution in [0.5, 0.6) is 11.5 Å². The molecule has 0 bridgehead atoms. The third-order valence-corrected chi connectivity index (χ3v) is 15.4. The van der Waals surface area contributed by atoms with Gasteiger partial charge in [-0.2, -0.15) is 0 Å². The Bertz CT molecular complexity index is 3690. The van der Waals surface area contributed by atoms with E-state index in [1.165, 1.54) is 71.8 Å². The van der Waals surface area contributed by atoms with Crippen LogP contribution < -0.4 is 35.8 Å². The largest absolute Gasteiger partial charge is 0.458 e. The second-order valence-corrected chi connectivity index (χ2v) is 22.7. The minimum Gasteiger partial charge on any atom is -0.458 e. The lowest BCUT2D eigenvalue weighted by atomic mass is 9.34. The van der Waals surface area contributed by atoms with E-state index in [-0.39, 0.29) is 17.5 Å². The predicted molar refractivity (Wildman–Crippen MR) is 312 cm³/mol. The van der Waals surface area contributed by atoms with Crippen LogP contribution in [0.15, 0.2) is 182 Å².